The maximum absolute atomic E-state index is 12.8. The second-order valence-electron chi connectivity index (χ2n) is 5.53. The quantitative estimate of drug-likeness (QED) is 0.945. The fourth-order valence-electron chi connectivity index (χ4n) is 1.97. The van der Waals surface area contributed by atoms with E-state index in [1.807, 2.05) is 0 Å². The molecule has 1 heterocycles. The SMILES string of the molecule is Cn1ccc(NC(=O)C(C)(C)c2cccc(C(F)(F)F)c2)n1. The number of amides is 1. The number of rotatable bonds is 3. The number of carbonyl (C=O) groups excluding carboxylic acids is 1. The third-order valence-electron chi connectivity index (χ3n) is 3.43. The van der Waals surface area contributed by atoms with E-state index in [1.54, 1.807) is 33.2 Å². The average molecular weight is 311 g/mol. The Morgan fingerprint density at radius 1 is 1.18 bits per heavy atom. The smallest absolute Gasteiger partial charge is 0.308 e. The number of benzene rings is 1. The van der Waals surface area contributed by atoms with Crippen LogP contribution in [-0.2, 0) is 23.4 Å². The van der Waals surface area contributed by atoms with Crippen LogP contribution >= 0.6 is 0 Å². The Kier molecular flexibility index (Phi) is 4.00. The Balaban J connectivity index is 2.27. The summed E-state index contributed by atoms with van der Waals surface area (Å²) in [6.45, 7) is 3.14. The zero-order valence-corrected chi connectivity index (χ0v) is 12.4. The Bertz CT molecular complexity index is 689. The van der Waals surface area contributed by atoms with Crippen LogP contribution in [0.3, 0.4) is 0 Å². The summed E-state index contributed by atoms with van der Waals surface area (Å²) in [5.74, 6) is -0.0712. The minimum atomic E-state index is -4.44. The molecule has 0 saturated carbocycles. The summed E-state index contributed by atoms with van der Waals surface area (Å²) in [6, 6.07) is 6.40. The van der Waals surface area contributed by atoms with Gasteiger partial charge in [0.15, 0.2) is 5.82 Å². The van der Waals surface area contributed by atoms with Gasteiger partial charge in [-0.1, -0.05) is 18.2 Å². The van der Waals surface area contributed by atoms with E-state index in [2.05, 4.69) is 10.4 Å². The normalized spacial score (nSPS) is 12.3. The van der Waals surface area contributed by atoms with Gasteiger partial charge in [0, 0.05) is 19.3 Å². The van der Waals surface area contributed by atoms with E-state index >= 15 is 0 Å². The lowest BCUT2D eigenvalue weighted by Gasteiger charge is -2.24. The van der Waals surface area contributed by atoms with E-state index in [-0.39, 0.29) is 5.56 Å². The lowest BCUT2D eigenvalue weighted by Crippen LogP contribution is -2.35. The Labute approximate surface area is 125 Å². The number of nitrogens with zero attached hydrogens (tertiary/aromatic N) is 2. The molecule has 0 radical (unpaired) electrons. The fraction of sp³-hybridized carbons (Fsp3) is 0.333. The van der Waals surface area contributed by atoms with Crippen LogP contribution in [0.25, 0.3) is 0 Å². The van der Waals surface area contributed by atoms with E-state index in [1.165, 1.54) is 16.8 Å². The van der Waals surface area contributed by atoms with Crippen molar-refractivity contribution < 1.29 is 18.0 Å². The van der Waals surface area contributed by atoms with Crippen LogP contribution in [-0.4, -0.2) is 15.7 Å². The third-order valence-corrected chi connectivity index (χ3v) is 3.43. The number of aromatic nitrogens is 2. The van der Waals surface area contributed by atoms with Crippen molar-refractivity contribution in [2.45, 2.75) is 25.4 Å². The van der Waals surface area contributed by atoms with Gasteiger partial charge in [0.25, 0.3) is 0 Å². The van der Waals surface area contributed by atoms with Gasteiger partial charge in [-0.05, 0) is 25.5 Å². The summed E-state index contributed by atoms with van der Waals surface area (Å²) in [5, 5.41) is 6.63. The third kappa shape index (κ3) is 3.29. The van der Waals surface area contributed by atoms with Gasteiger partial charge >= 0.3 is 6.18 Å². The molecule has 118 valence electrons. The number of halogens is 3. The molecule has 0 aliphatic heterocycles. The molecule has 1 N–H and O–H groups in total. The summed E-state index contributed by atoms with van der Waals surface area (Å²) in [6.07, 6.45) is -2.78. The first-order chi connectivity index (χ1) is 10.1. The highest BCUT2D eigenvalue weighted by atomic mass is 19.4. The maximum Gasteiger partial charge on any atom is 0.416 e. The number of hydrogen-bond donors (Lipinski definition) is 1. The van der Waals surface area contributed by atoms with E-state index in [0.717, 1.165) is 12.1 Å². The van der Waals surface area contributed by atoms with Gasteiger partial charge in [-0.2, -0.15) is 18.3 Å². The molecule has 0 unspecified atom stereocenters. The van der Waals surface area contributed by atoms with Gasteiger partial charge in [-0.25, -0.2) is 0 Å². The molecule has 0 aliphatic rings. The van der Waals surface area contributed by atoms with E-state index in [4.69, 9.17) is 0 Å². The minimum Gasteiger partial charge on any atom is -0.308 e. The number of carbonyl (C=O) groups is 1. The molecular formula is C15H16F3N3O. The zero-order valence-electron chi connectivity index (χ0n) is 12.4. The molecule has 4 nitrogen and oxygen atoms in total. The van der Waals surface area contributed by atoms with Crippen LogP contribution in [0.2, 0.25) is 0 Å². The van der Waals surface area contributed by atoms with Crippen molar-refractivity contribution in [3.63, 3.8) is 0 Å². The second kappa shape index (κ2) is 5.47. The molecule has 0 spiro atoms. The molecular weight excluding hydrogens is 295 g/mol. The molecule has 0 aliphatic carbocycles. The first kappa shape index (κ1) is 16.1. The van der Waals surface area contributed by atoms with Gasteiger partial charge in [-0.3, -0.25) is 9.48 Å². The van der Waals surface area contributed by atoms with E-state index in [9.17, 15) is 18.0 Å². The van der Waals surface area contributed by atoms with Gasteiger partial charge in [0.05, 0.1) is 11.0 Å². The highest BCUT2D eigenvalue weighted by Crippen LogP contribution is 2.33. The van der Waals surface area contributed by atoms with Crippen LogP contribution in [0, 0.1) is 0 Å². The predicted octanol–water partition coefficient (Wildman–Crippen LogP) is 3.36. The van der Waals surface area contributed by atoms with Crippen molar-refractivity contribution in [1.29, 1.82) is 0 Å². The summed E-state index contributed by atoms with van der Waals surface area (Å²) in [7, 11) is 1.70. The topological polar surface area (TPSA) is 46.9 Å². The largest absolute Gasteiger partial charge is 0.416 e. The van der Waals surface area contributed by atoms with Gasteiger partial charge < -0.3 is 5.32 Å². The van der Waals surface area contributed by atoms with Gasteiger partial charge in [0.1, 0.15) is 0 Å². The van der Waals surface area contributed by atoms with E-state index < -0.39 is 23.1 Å². The first-order valence-corrected chi connectivity index (χ1v) is 6.59. The summed E-state index contributed by atoms with van der Waals surface area (Å²) in [4.78, 5) is 12.4. The Morgan fingerprint density at radius 2 is 1.82 bits per heavy atom. The fourth-order valence-corrected chi connectivity index (χ4v) is 1.97. The van der Waals surface area contributed by atoms with Crippen molar-refractivity contribution in [1.82, 2.24) is 9.78 Å². The second-order valence-corrected chi connectivity index (χ2v) is 5.53. The van der Waals surface area contributed by atoms with Gasteiger partial charge in [0.2, 0.25) is 5.91 Å². The first-order valence-electron chi connectivity index (χ1n) is 6.59. The standard InChI is InChI=1S/C15H16F3N3O/c1-14(2,13(22)19-12-7-8-21(3)20-12)10-5-4-6-11(9-10)15(16,17)18/h4-9H,1-3H3,(H,19,20,22). The number of aryl methyl sites for hydroxylation is 1. The van der Waals surface area contributed by atoms with Gasteiger partial charge in [-0.15, -0.1) is 0 Å². The van der Waals surface area contributed by atoms with Crippen LogP contribution in [0.4, 0.5) is 19.0 Å². The zero-order chi connectivity index (χ0) is 16.5. The molecule has 22 heavy (non-hydrogen) atoms. The molecule has 2 rings (SSSR count). The predicted molar refractivity (Wildman–Crippen MR) is 76.3 cm³/mol. The molecule has 0 saturated heterocycles. The summed E-state index contributed by atoms with van der Waals surface area (Å²) >= 11 is 0. The van der Waals surface area contributed by atoms with Crippen molar-refractivity contribution in [2.75, 3.05) is 5.32 Å². The lowest BCUT2D eigenvalue weighted by molar-refractivity contribution is -0.137. The Hall–Kier alpha value is -2.31. The number of alkyl halides is 3. The van der Waals surface area contributed by atoms with Crippen LogP contribution in [0.5, 0.6) is 0 Å². The van der Waals surface area contributed by atoms with E-state index in [0.29, 0.717) is 5.82 Å². The molecule has 0 fully saturated rings. The van der Waals surface area contributed by atoms with Crippen LogP contribution < -0.4 is 5.32 Å². The molecule has 1 aromatic carbocycles. The van der Waals surface area contributed by atoms with Crippen LogP contribution in [0.15, 0.2) is 36.5 Å². The highest BCUT2D eigenvalue weighted by Gasteiger charge is 2.35. The summed E-state index contributed by atoms with van der Waals surface area (Å²) in [5.41, 5.74) is -1.61. The molecule has 1 amide bonds. The number of nitrogens with one attached hydrogen (secondary N) is 1. The number of hydrogen-bond acceptors (Lipinski definition) is 2. The summed E-state index contributed by atoms with van der Waals surface area (Å²) < 4.78 is 39.9. The maximum atomic E-state index is 12.8. The molecule has 0 atom stereocenters. The van der Waals surface area contributed by atoms with Crippen molar-refractivity contribution in [2.24, 2.45) is 7.05 Å². The minimum absolute atomic E-state index is 0.288. The van der Waals surface area contributed by atoms with Crippen molar-refractivity contribution in [3.8, 4) is 0 Å². The molecule has 1 aromatic heterocycles. The monoisotopic (exact) mass is 311 g/mol. The molecule has 7 heteroatoms. The van der Waals surface area contributed by atoms with Crippen molar-refractivity contribution >= 4 is 11.7 Å². The number of anilines is 1. The van der Waals surface area contributed by atoms with Crippen molar-refractivity contribution in [3.05, 3.63) is 47.7 Å². The molecule has 2 aromatic rings. The lowest BCUT2D eigenvalue weighted by atomic mass is 9.83. The van der Waals surface area contributed by atoms with Crippen LogP contribution in [0.1, 0.15) is 25.0 Å². The molecule has 0 bridgehead atoms. The Morgan fingerprint density at radius 3 is 2.36 bits per heavy atom. The average Bonchev–Trinajstić information content (AvgIpc) is 2.83. The highest BCUT2D eigenvalue weighted by molar-refractivity contribution is 5.97.